The van der Waals surface area contributed by atoms with E-state index >= 15 is 0 Å². The molecule has 0 bridgehead atoms. The van der Waals surface area contributed by atoms with Gasteiger partial charge in [-0.15, -0.1) is 0 Å². The van der Waals surface area contributed by atoms with Crippen molar-refractivity contribution in [3.8, 4) is 28.2 Å². The van der Waals surface area contributed by atoms with Crippen LogP contribution >= 0.6 is 12.2 Å². The first-order valence-electron chi connectivity index (χ1n) is 21.1. The number of thiocarbonyl (C=S) groups is 1. The van der Waals surface area contributed by atoms with Crippen LogP contribution in [0.25, 0.3) is 33.4 Å². The Balaban J connectivity index is 0.884. The van der Waals surface area contributed by atoms with Crippen molar-refractivity contribution in [3.05, 3.63) is 82.5 Å². The van der Waals surface area contributed by atoms with Crippen LogP contribution in [0.2, 0.25) is 0 Å². The monoisotopic (exact) mass is 861 g/mol. The second kappa shape index (κ2) is 24.5. The summed E-state index contributed by atoms with van der Waals surface area (Å²) in [4.78, 5) is 37.4. The van der Waals surface area contributed by atoms with Crippen molar-refractivity contribution in [2.45, 2.75) is 71.6 Å². The van der Waals surface area contributed by atoms with Gasteiger partial charge in [0.05, 0.1) is 71.7 Å². The lowest BCUT2D eigenvalue weighted by Gasteiger charge is -2.36. The van der Waals surface area contributed by atoms with Gasteiger partial charge in [0.25, 0.3) is 0 Å². The molecule has 0 fully saturated rings. The van der Waals surface area contributed by atoms with E-state index in [9.17, 15) is 19.5 Å². The smallest absolute Gasteiger partial charge is 0.333 e. The highest BCUT2D eigenvalue weighted by molar-refractivity contribution is 7.80. The summed E-state index contributed by atoms with van der Waals surface area (Å²) >= 11 is 5.46. The summed E-state index contributed by atoms with van der Waals surface area (Å²) in [6, 6.07) is 17.2. The number of esters is 1. The molecule has 0 spiro atoms. The Bertz CT molecular complexity index is 2090. The number of phenols is 1. The highest BCUT2D eigenvalue weighted by Crippen LogP contribution is 2.41. The van der Waals surface area contributed by atoms with E-state index in [1.54, 1.807) is 31.2 Å². The number of rotatable bonds is 24. The lowest BCUT2D eigenvalue weighted by molar-refractivity contribution is -0.139. The van der Waals surface area contributed by atoms with E-state index < -0.39 is 0 Å². The third kappa shape index (κ3) is 14.3. The van der Waals surface area contributed by atoms with E-state index in [2.05, 4.69) is 29.8 Å². The molecule has 5 rings (SSSR count). The second-order valence-electron chi connectivity index (χ2n) is 14.7. The van der Waals surface area contributed by atoms with Gasteiger partial charge in [0, 0.05) is 64.8 Å². The number of nitrogens with one attached hydrogen (secondary N) is 3. The largest absolute Gasteiger partial charge is 0.508 e. The quantitative estimate of drug-likeness (QED) is 0.0257. The zero-order valence-electron chi connectivity index (χ0n) is 35.5. The van der Waals surface area contributed by atoms with Crippen LogP contribution in [0.4, 0.5) is 5.69 Å². The van der Waals surface area contributed by atoms with Gasteiger partial charge in [0.15, 0.2) is 10.5 Å². The van der Waals surface area contributed by atoms with Crippen molar-refractivity contribution < 1.29 is 47.5 Å². The van der Waals surface area contributed by atoms with E-state index in [4.69, 9.17) is 45.1 Å². The van der Waals surface area contributed by atoms with Gasteiger partial charge in [-0.1, -0.05) is 32.9 Å². The molecule has 61 heavy (non-hydrogen) atoms. The SMILES string of the molecule is CCOC(=O)C1=C[C@@H](OC(CC)CC)[C@H](C)[C@@H](NC(=O)CCOCCOCCOCCOCCNC(=S)Nc2ccc(-c3c4ccc(=O)cc-4oc4cc(O)ccc34)cc2)C1. The molecular weight excluding hydrogens is 803 g/mol. The van der Waals surface area contributed by atoms with Crippen molar-refractivity contribution in [1.82, 2.24) is 10.6 Å². The van der Waals surface area contributed by atoms with Gasteiger partial charge in [-0.05, 0) is 86.4 Å². The van der Waals surface area contributed by atoms with Crippen LogP contribution in [0.15, 0.2) is 81.5 Å². The fraction of sp³-hybridized carbons (Fsp3) is 0.478. The van der Waals surface area contributed by atoms with Gasteiger partial charge in [-0.2, -0.15) is 0 Å². The summed E-state index contributed by atoms with van der Waals surface area (Å²) < 4.78 is 39.9. The average Bonchev–Trinajstić information content (AvgIpc) is 3.24. The van der Waals surface area contributed by atoms with Gasteiger partial charge in [-0.3, -0.25) is 9.59 Å². The number of carbonyl (C=O) groups is 2. The van der Waals surface area contributed by atoms with Gasteiger partial charge in [-0.25, -0.2) is 4.79 Å². The minimum atomic E-state index is -0.368. The second-order valence-corrected chi connectivity index (χ2v) is 15.1. The fourth-order valence-corrected chi connectivity index (χ4v) is 7.22. The van der Waals surface area contributed by atoms with Crippen LogP contribution < -0.4 is 21.4 Å². The lowest BCUT2D eigenvalue weighted by Crippen LogP contribution is -2.48. The highest BCUT2D eigenvalue weighted by Gasteiger charge is 2.35. The molecule has 0 unspecified atom stereocenters. The molecule has 3 atom stereocenters. The Morgan fingerprint density at radius 2 is 1.54 bits per heavy atom. The predicted octanol–water partition coefficient (Wildman–Crippen LogP) is 6.60. The van der Waals surface area contributed by atoms with Crippen molar-refractivity contribution in [3.63, 3.8) is 0 Å². The number of anilines is 1. The number of aromatic hydroxyl groups is 1. The molecule has 0 aromatic heterocycles. The number of ether oxygens (including phenoxy) is 6. The van der Waals surface area contributed by atoms with Crippen molar-refractivity contribution in [1.29, 1.82) is 0 Å². The van der Waals surface area contributed by atoms with Gasteiger partial charge in [0.1, 0.15) is 17.1 Å². The average molecular weight is 862 g/mol. The molecule has 1 heterocycles. The molecule has 1 amide bonds. The van der Waals surface area contributed by atoms with E-state index in [-0.39, 0.29) is 66.9 Å². The molecular formula is C46H59N3O11S. The zero-order chi connectivity index (χ0) is 43.6. The van der Waals surface area contributed by atoms with Gasteiger partial charge in [0.2, 0.25) is 5.91 Å². The number of benzene rings is 3. The maximum atomic E-state index is 12.8. The normalized spacial score (nSPS) is 16.4. The molecule has 2 aromatic rings. The van der Waals surface area contributed by atoms with Crippen LogP contribution in [-0.4, -0.2) is 106 Å². The zero-order valence-corrected chi connectivity index (χ0v) is 36.3. The van der Waals surface area contributed by atoms with E-state index in [1.165, 1.54) is 12.1 Å². The summed E-state index contributed by atoms with van der Waals surface area (Å²) in [5.41, 5.74) is 4.26. The van der Waals surface area contributed by atoms with Gasteiger partial charge < -0.3 is 53.9 Å². The summed E-state index contributed by atoms with van der Waals surface area (Å²) in [5.74, 6) is 0.00117. The van der Waals surface area contributed by atoms with E-state index in [0.29, 0.717) is 81.2 Å². The molecule has 14 nitrogen and oxygen atoms in total. The number of hydrogen-bond donors (Lipinski definition) is 4. The molecule has 0 radical (unpaired) electrons. The first-order chi connectivity index (χ1) is 29.6. The fourth-order valence-electron chi connectivity index (χ4n) is 7.00. The number of hydrogen-bond acceptors (Lipinski definition) is 12. The van der Waals surface area contributed by atoms with Gasteiger partial charge >= 0.3 is 5.97 Å². The Morgan fingerprint density at radius 3 is 2.21 bits per heavy atom. The van der Waals surface area contributed by atoms with E-state index in [0.717, 1.165) is 40.6 Å². The summed E-state index contributed by atoms with van der Waals surface area (Å²) in [7, 11) is 0. The maximum Gasteiger partial charge on any atom is 0.333 e. The molecule has 3 aliphatic rings. The summed E-state index contributed by atoms with van der Waals surface area (Å²) in [5, 5.41) is 20.7. The highest BCUT2D eigenvalue weighted by atomic mass is 32.1. The molecule has 15 heteroatoms. The molecule has 0 saturated heterocycles. The van der Waals surface area contributed by atoms with Crippen molar-refractivity contribution in [2.24, 2.45) is 5.92 Å². The first kappa shape index (κ1) is 47.2. The number of amides is 1. The number of fused-ring (bicyclic) bond motifs is 2. The molecule has 2 aliphatic carbocycles. The van der Waals surface area contributed by atoms with Crippen molar-refractivity contribution in [2.75, 3.05) is 71.3 Å². The van der Waals surface area contributed by atoms with Crippen LogP contribution in [0, 0.1) is 5.92 Å². The number of phenolic OH excluding ortho intramolecular Hbond substituents is 1. The maximum absolute atomic E-state index is 12.8. The standard InChI is InChI=1S/C46H59N3O11S/c1-5-36(6-2)59-40-27-32(45(53)58-7-3)26-39(30(40)4)49-43(52)16-18-54-20-22-56-24-25-57-23-21-55-19-17-47-46(61)48-33-10-8-31(9-11-33)44-37-14-12-34(50)28-41(37)60-42-29-35(51)13-15-38(42)44/h8-15,27-30,36,39-40,50H,5-7,16-26H2,1-4H3,(H,49,52)(H2,47,48,61)/t30-,39+,40-/m1/s1. The topological polar surface area (TPSA) is 176 Å². The minimum Gasteiger partial charge on any atom is -0.508 e. The lowest BCUT2D eigenvalue weighted by atomic mass is 9.83. The predicted molar refractivity (Wildman–Crippen MR) is 238 cm³/mol. The van der Waals surface area contributed by atoms with E-state index in [1.807, 2.05) is 37.3 Å². The Labute approximate surface area is 362 Å². The molecule has 2 aromatic carbocycles. The molecule has 1 aliphatic heterocycles. The Hall–Kier alpha value is -4.90. The third-order valence-electron chi connectivity index (χ3n) is 10.3. The van der Waals surface area contributed by atoms with Crippen LogP contribution in [-0.2, 0) is 38.0 Å². The Morgan fingerprint density at radius 1 is 0.869 bits per heavy atom. The first-order valence-corrected chi connectivity index (χ1v) is 21.5. The minimum absolute atomic E-state index is 0.00735. The number of carbonyl (C=O) groups excluding carboxylic acids is 2. The Kier molecular flexibility index (Phi) is 19.0. The summed E-state index contributed by atoms with van der Waals surface area (Å²) in [6.07, 6.45) is 3.97. The van der Waals surface area contributed by atoms with Crippen molar-refractivity contribution >= 4 is 45.9 Å². The van der Waals surface area contributed by atoms with Crippen LogP contribution in [0.3, 0.4) is 0 Å². The summed E-state index contributed by atoms with van der Waals surface area (Å²) in [6.45, 7) is 11.8. The third-order valence-corrected chi connectivity index (χ3v) is 10.6. The molecule has 4 N–H and O–H groups in total. The van der Waals surface area contributed by atoms with Crippen LogP contribution in [0.5, 0.6) is 5.75 Å². The molecule has 330 valence electrons. The van der Waals surface area contributed by atoms with Crippen LogP contribution in [0.1, 0.15) is 53.4 Å². The molecule has 0 saturated carbocycles.